The smallest absolute Gasteiger partial charge is 0.257 e. The number of hydrogen-bond acceptors (Lipinski definition) is 10. The highest BCUT2D eigenvalue weighted by Gasteiger charge is 2.45. The quantitative estimate of drug-likeness (QED) is 0.0420. The number of unbranched alkanes of at least 4 members (excludes halogenated alkanes) is 2. The highest BCUT2D eigenvalue weighted by atomic mass is 32.1. The Morgan fingerprint density at radius 3 is 2.34 bits per heavy atom. The fourth-order valence-electron chi connectivity index (χ4n) is 9.33. The van der Waals surface area contributed by atoms with Crippen molar-refractivity contribution in [2.45, 2.75) is 116 Å². The minimum Gasteiger partial charge on any atom is -0.493 e. The summed E-state index contributed by atoms with van der Waals surface area (Å²) in [5.41, 5.74) is 5.75. The van der Waals surface area contributed by atoms with E-state index in [0.29, 0.717) is 38.0 Å². The van der Waals surface area contributed by atoms with E-state index in [2.05, 4.69) is 20.6 Å². The summed E-state index contributed by atoms with van der Waals surface area (Å²) in [5, 5.41) is 17.1. The van der Waals surface area contributed by atoms with Crippen molar-refractivity contribution in [3.05, 3.63) is 106 Å². The van der Waals surface area contributed by atoms with Gasteiger partial charge in [-0.1, -0.05) is 63.2 Å². The molecule has 3 aromatic carbocycles. The molecule has 0 saturated carbocycles. The highest BCUT2D eigenvalue weighted by molar-refractivity contribution is 7.13. The molecule has 4 N–H and O–H groups in total. The van der Waals surface area contributed by atoms with Crippen LogP contribution in [0.1, 0.15) is 94.4 Å². The number of fused-ring (bicyclic) bond motifs is 3. The number of aromatic amines is 1. The van der Waals surface area contributed by atoms with Crippen molar-refractivity contribution in [2.75, 3.05) is 46.1 Å². The molecule has 0 radical (unpaired) electrons. The van der Waals surface area contributed by atoms with Gasteiger partial charge in [0.15, 0.2) is 0 Å². The summed E-state index contributed by atoms with van der Waals surface area (Å²) < 4.78 is 77.8. The monoisotopic (exact) mass is 992 g/mol. The topological polar surface area (TPSA) is 158 Å². The van der Waals surface area contributed by atoms with Crippen LogP contribution in [-0.4, -0.2) is 119 Å². The average molecular weight is 993 g/mol. The summed E-state index contributed by atoms with van der Waals surface area (Å²) in [7, 11) is 0. The normalized spacial score (nSPS) is 19.0. The number of benzene rings is 3. The second kappa shape index (κ2) is 22.8. The number of halogens is 4. The van der Waals surface area contributed by atoms with Crippen LogP contribution < -0.4 is 15.4 Å². The van der Waals surface area contributed by atoms with Crippen LogP contribution in [0, 0.1) is 24.0 Å². The van der Waals surface area contributed by atoms with E-state index in [1.54, 1.807) is 44.5 Å². The molecule has 2 aliphatic rings. The van der Waals surface area contributed by atoms with Gasteiger partial charge in [0.05, 0.1) is 54.6 Å². The zero-order valence-electron chi connectivity index (χ0n) is 40.6. The molecule has 70 heavy (non-hydrogen) atoms. The number of β-amino-alcohol motifs (C(OH)–C–C–N with tert-alkyl or cyclic N) is 1. The molecule has 13 nitrogen and oxygen atoms in total. The van der Waals surface area contributed by atoms with Gasteiger partial charge in [-0.3, -0.25) is 19.3 Å². The molecule has 3 amide bonds. The number of thiazole rings is 1. The molecule has 0 unspecified atom stereocenters. The van der Waals surface area contributed by atoms with E-state index in [9.17, 15) is 28.3 Å². The highest BCUT2D eigenvalue weighted by Crippen LogP contribution is 2.44. The van der Waals surface area contributed by atoms with Gasteiger partial charge in [0.2, 0.25) is 17.7 Å². The molecule has 2 aliphatic heterocycles. The van der Waals surface area contributed by atoms with Crippen molar-refractivity contribution in [1.82, 2.24) is 30.4 Å². The number of aromatic nitrogens is 2. The first kappa shape index (κ1) is 52.4. The van der Waals surface area contributed by atoms with E-state index in [4.69, 9.17) is 14.2 Å². The average Bonchev–Trinajstić information content (AvgIpc) is 4.02. The van der Waals surface area contributed by atoms with Crippen molar-refractivity contribution in [3.8, 4) is 16.2 Å². The molecule has 0 bridgehead atoms. The number of nitrogens with zero attached hydrogens (tertiary/aromatic N) is 3. The third-order valence-electron chi connectivity index (χ3n) is 12.8. The van der Waals surface area contributed by atoms with Gasteiger partial charge in [-0.25, -0.2) is 22.5 Å². The predicted molar refractivity (Wildman–Crippen MR) is 260 cm³/mol. The second-order valence-electron chi connectivity index (χ2n) is 19.6. The van der Waals surface area contributed by atoms with Crippen LogP contribution in [0.15, 0.2) is 66.2 Å². The molecule has 378 valence electrons. The Kier molecular flexibility index (Phi) is 17.1. The maximum absolute atomic E-state index is 15.9. The number of ether oxygens (including phenoxy) is 3. The van der Waals surface area contributed by atoms with Crippen molar-refractivity contribution >= 4 is 40.0 Å². The van der Waals surface area contributed by atoms with Crippen LogP contribution in [0.2, 0.25) is 0 Å². The molecule has 18 heteroatoms. The number of alkyl halides is 2. The minimum absolute atomic E-state index is 0.000941. The van der Waals surface area contributed by atoms with Crippen LogP contribution in [-0.2, 0) is 36.8 Å². The molecule has 1 fully saturated rings. The number of hydrogen-bond donors (Lipinski definition) is 4. The third kappa shape index (κ3) is 12.9. The molecule has 7 rings (SSSR count). The summed E-state index contributed by atoms with van der Waals surface area (Å²) >= 11 is 1.56. The van der Waals surface area contributed by atoms with Crippen LogP contribution in [0.3, 0.4) is 0 Å². The number of carbonyl (C=O) groups is 3. The Hall–Kier alpha value is -5.40. The first-order chi connectivity index (χ1) is 33.3. The minimum atomic E-state index is -3.10. The number of amides is 3. The standard InChI is InChI=1S/C52H64F4N6O7S/c1-31-22-38-37-12-8-9-13-41(37)59-45(38)46(62(31)29-52(6,55)56)44-39(53)24-36(25-40(44)54)69-19-11-7-10-18-67-20-21-68-28-43(64)60-48(51(3,4)5)50(66)61-27-35(63)23-42(61)49(65)57-26-33-14-16-34(17-15-33)47-32(2)58-30-70-47/h8-9,12-17,24-25,30-31,35,42,46,48,59,63H,7,10-11,18-23,26-29H2,1-6H3,(H,57,65)(H,60,64)/t31-,35-,42+,46-,48-/m1/s1. The van der Waals surface area contributed by atoms with Crippen LogP contribution in [0.25, 0.3) is 21.3 Å². The first-order valence-corrected chi connectivity index (χ1v) is 24.7. The van der Waals surface area contributed by atoms with Crippen LogP contribution >= 0.6 is 11.3 Å². The van der Waals surface area contributed by atoms with Gasteiger partial charge in [0.1, 0.15) is 36.1 Å². The Bertz CT molecular complexity index is 2570. The van der Waals surface area contributed by atoms with Gasteiger partial charge >= 0.3 is 0 Å². The van der Waals surface area contributed by atoms with Crippen LogP contribution in [0.5, 0.6) is 5.75 Å². The molecule has 5 aromatic rings. The summed E-state index contributed by atoms with van der Waals surface area (Å²) in [5.74, 6) is -6.25. The number of H-pyrrole nitrogens is 1. The van der Waals surface area contributed by atoms with Gasteiger partial charge in [0.25, 0.3) is 5.92 Å². The van der Waals surface area contributed by atoms with Gasteiger partial charge in [-0.05, 0) is 67.7 Å². The lowest BCUT2D eigenvalue weighted by molar-refractivity contribution is -0.144. The lowest BCUT2D eigenvalue weighted by Crippen LogP contribution is -2.58. The number of aliphatic hydroxyl groups excluding tert-OH is 1. The third-order valence-corrected chi connectivity index (χ3v) is 13.8. The van der Waals surface area contributed by atoms with E-state index in [1.165, 1.54) is 9.80 Å². The Balaban J connectivity index is 0.808. The van der Waals surface area contributed by atoms with Crippen molar-refractivity contribution in [1.29, 1.82) is 0 Å². The molecular formula is C52H64F4N6O7S. The lowest BCUT2D eigenvalue weighted by Gasteiger charge is -2.42. The zero-order valence-corrected chi connectivity index (χ0v) is 41.4. The van der Waals surface area contributed by atoms with E-state index in [1.807, 2.05) is 55.5 Å². The van der Waals surface area contributed by atoms with Crippen molar-refractivity contribution < 1.29 is 51.3 Å². The maximum atomic E-state index is 15.9. The Morgan fingerprint density at radius 2 is 1.66 bits per heavy atom. The number of para-hydroxylation sites is 1. The summed E-state index contributed by atoms with van der Waals surface area (Å²) in [6.07, 6.45) is 1.55. The number of nitrogens with one attached hydrogen (secondary N) is 3. The van der Waals surface area contributed by atoms with Gasteiger partial charge in [-0.2, -0.15) is 0 Å². The van der Waals surface area contributed by atoms with Gasteiger partial charge < -0.3 is 39.8 Å². The Labute approximate surface area is 410 Å². The largest absolute Gasteiger partial charge is 0.493 e. The maximum Gasteiger partial charge on any atom is 0.257 e. The number of likely N-dealkylation sites (tertiary alicyclic amines) is 1. The molecule has 4 heterocycles. The van der Waals surface area contributed by atoms with Crippen molar-refractivity contribution in [2.24, 2.45) is 5.41 Å². The number of aliphatic hydroxyl groups is 1. The molecule has 2 aromatic heterocycles. The lowest BCUT2D eigenvalue weighted by atomic mass is 9.85. The molecule has 0 aliphatic carbocycles. The van der Waals surface area contributed by atoms with Gasteiger partial charge in [-0.15, -0.1) is 11.3 Å². The summed E-state index contributed by atoms with van der Waals surface area (Å²) in [6.45, 7) is 10.1. The molecule has 1 saturated heterocycles. The fraction of sp³-hybridized carbons (Fsp3) is 0.500. The van der Waals surface area contributed by atoms with Crippen molar-refractivity contribution in [3.63, 3.8) is 0 Å². The second-order valence-corrected chi connectivity index (χ2v) is 20.4. The fourth-order valence-corrected chi connectivity index (χ4v) is 10.1. The van der Waals surface area contributed by atoms with Crippen LogP contribution in [0.4, 0.5) is 17.6 Å². The zero-order chi connectivity index (χ0) is 50.3. The summed E-state index contributed by atoms with van der Waals surface area (Å²) in [6, 6.07) is 14.1. The summed E-state index contributed by atoms with van der Waals surface area (Å²) in [4.78, 5) is 51.9. The number of carbonyl (C=O) groups excluding carboxylic acids is 3. The predicted octanol–water partition coefficient (Wildman–Crippen LogP) is 8.26. The van der Waals surface area contributed by atoms with E-state index < -0.39 is 77.5 Å². The molecular weight excluding hydrogens is 929 g/mol. The first-order valence-electron chi connectivity index (χ1n) is 23.8. The SMILES string of the molecule is Cc1ncsc1-c1ccc(CNC(=O)[C@@H]2C[C@@H](O)CN2C(=O)[C@@H](NC(=O)COCCOCCCCCOc2cc(F)c([C@@H]3c4[nH]c5ccccc5c4C[C@@H](C)N3CC(C)(F)F)c(F)c2)C(C)(C)C)cc1. The van der Waals surface area contributed by atoms with E-state index >= 15 is 8.78 Å². The molecule has 5 atom stereocenters. The number of rotatable bonds is 21. The number of aryl methyl sites for hydroxylation is 1. The van der Waals surface area contributed by atoms with E-state index in [0.717, 1.165) is 57.2 Å². The van der Waals surface area contributed by atoms with E-state index in [-0.39, 0.29) is 57.3 Å². The molecule has 0 spiro atoms. The van der Waals surface area contributed by atoms with Gasteiger partial charge in [0, 0.05) is 73.4 Å². The Morgan fingerprint density at radius 1 is 0.957 bits per heavy atom.